The number of rotatable bonds is 9. The van der Waals surface area contributed by atoms with Crippen molar-refractivity contribution in [3.05, 3.63) is 57.1 Å². The minimum atomic E-state index is -0.826. The monoisotopic (exact) mass is 460 g/mol. The highest BCUT2D eigenvalue weighted by atomic mass is 16.5. The summed E-state index contributed by atoms with van der Waals surface area (Å²) >= 11 is 0. The molecule has 3 rings (SSSR count). The number of methoxy groups -OCH3 is 2. The number of amides is 1. The number of carbonyl (C=O) groups excluding carboxylic acids is 2. The molecular formula is C23H28N2O8. The fourth-order valence-electron chi connectivity index (χ4n) is 3.87. The summed E-state index contributed by atoms with van der Waals surface area (Å²) in [4.78, 5) is 39.3. The molecule has 10 nitrogen and oxygen atoms in total. The molecular weight excluding hydrogens is 432 g/mol. The number of esters is 1. The molecule has 0 radical (unpaired) electrons. The first-order chi connectivity index (χ1) is 15.9. The van der Waals surface area contributed by atoms with Crippen molar-refractivity contribution >= 4 is 12.4 Å². The minimum absolute atomic E-state index is 0.0523. The van der Waals surface area contributed by atoms with Crippen molar-refractivity contribution in [2.24, 2.45) is 0 Å². The van der Waals surface area contributed by atoms with Gasteiger partial charge in [-0.05, 0) is 17.7 Å². The van der Waals surface area contributed by atoms with Gasteiger partial charge in [-0.1, -0.05) is 6.07 Å². The molecule has 1 aliphatic rings. The molecule has 0 saturated carbocycles. The summed E-state index contributed by atoms with van der Waals surface area (Å²) in [6.07, 6.45) is 0.620. The lowest BCUT2D eigenvalue weighted by Gasteiger charge is -2.32. The molecule has 0 aliphatic carbocycles. The molecule has 1 aromatic carbocycles. The van der Waals surface area contributed by atoms with Crippen LogP contribution in [-0.4, -0.2) is 72.8 Å². The average molecular weight is 460 g/mol. The van der Waals surface area contributed by atoms with E-state index in [-0.39, 0.29) is 18.8 Å². The third kappa shape index (κ3) is 5.71. The summed E-state index contributed by atoms with van der Waals surface area (Å²) in [5, 5.41) is 20.2. The molecule has 2 aromatic rings. The Bertz CT molecular complexity index is 1040. The second-order valence-electron chi connectivity index (χ2n) is 7.77. The van der Waals surface area contributed by atoms with E-state index < -0.39 is 23.1 Å². The normalized spacial score (nSPS) is 15.2. The Balaban J connectivity index is 1.98. The fraction of sp³-hybridized carbons (Fsp3) is 0.435. The smallest absolute Gasteiger partial charge is 0.306 e. The molecule has 2 N–H and O–H groups in total. The van der Waals surface area contributed by atoms with Gasteiger partial charge in [-0.15, -0.1) is 0 Å². The van der Waals surface area contributed by atoms with Crippen LogP contribution in [0.25, 0.3) is 0 Å². The molecule has 1 saturated heterocycles. The zero-order valence-corrected chi connectivity index (χ0v) is 18.7. The lowest BCUT2D eigenvalue weighted by molar-refractivity contribution is -0.141. The molecule has 10 heteroatoms. The van der Waals surface area contributed by atoms with Crippen LogP contribution >= 0.6 is 0 Å². The van der Waals surface area contributed by atoms with Crippen molar-refractivity contribution < 1.29 is 33.7 Å². The van der Waals surface area contributed by atoms with E-state index in [2.05, 4.69) is 0 Å². The number of aromatic hydroxyl groups is 1. The predicted molar refractivity (Wildman–Crippen MR) is 117 cm³/mol. The van der Waals surface area contributed by atoms with Crippen molar-refractivity contribution in [3.8, 4) is 11.5 Å². The third-order valence-corrected chi connectivity index (χ3v) is 5.73. The van der Waals surface area contributed by atoms with Gasteiger partial charge in [0.25, 0.3) is 0 Å². The SMILES string of the molecule is COC(=O)CC(c1ccc(OC)c(CO)c1)c1oc(CN2CCN(C=O)CC2)cc(=O)c1O. The Morgan fingerprint density at radius 3 is 2.55 bits per heavy atom. The van der Waals surface area contributed by atoms with E-state index >= 15 is 0 Å². The Kier molecular flexibility index (Phi) is 8.07. The van der Waals surface area contributed by atoms with E-state index in [1.807, 2.05) is 4.90 Å². The topological polar surface area (TPSA) is 130 Å². The Morgan fingerprint density at radius 1 is 1.21 bits per heavy atom. The second-order valence-corrected chi connectivity index (χ2v) is 7.77. The highest BCUT2D eigenvalue weighted by Gasteiger charge is 2.28. The number of ether oxygens (including phenoxy) is 2. The van der Waals surface area contributed by atoms with Crippen molar-refractivity contribution in [1.29, 1.82) is 0 Å². The van der Waals surface area contributed by atoms with Gasteiger partial charge in [0.1, 0.15) is 11.5 Å². The number of carbonyl (C=O) groups is 2. The lowest BCUT2D eigenvalue weighted by Crippen LogP contribution is -2.45. The van der Waals surface area contributed by atoms with Gasteiger partial charge < -0.3 is 29.0 Å². The van der Waals surface area contributed by atoms with Gasteiger partial charge in [0.2, 0.25) is 17.6 Å². The number of hydrogen-bond acceptors (Lipinski definition) is 9. The number of piperazine rings is 1. The molecule has 33 heavy (non-hydrogen) atoms. The number of hydrogen-bond donors (Lipinski definition) is 2. The molecule has 1 fully saturated rings. The maximum absolute atomic E-state index is 12.6. The summed E-state index contributed by atoms with van der Waals surface area (Å²) in [5.74, 6) is -1.22. The van der Waals surface area contributed by atoms with Crippen molar-refractivity contribution in [2.45, 2.75) is 25.5 Å². The summed E-state index contributed by atoms with van der Waals surface area (Å²) in [6.45, 7) is 2.37. The molecule has 2 heterocycles. The van der Waals surface area contributed by atoms with Gasteiger partial charge in [-0.25, -0.2) is 0 Å². The summed E-state index contributed by atoms with van der Waals surface area (Å²) in [6, 6.07) is 6.18. The maximum atomic E-state index is 12.6. The van der Waals surface area contributed by atoms with Gasteiger partial charge >= 0.3 is 5.97 Å². The predicted octanol–water partition coefficient (Wildman–Crippen LogP) is 0.815. The number of benzene rings is 1. The zero-order chi connectivity index (χ0) is 24.0. The maximum Gasteiger partial charge on any atom is 0.306 e. The molecule has 1 amide bonds. The van der Waals surface area contributed by atoms with Crippen LogP contribution in [0, 0.1) is 0 Å². The quantitative estimate of drug-likeness (QED) is 0.412. The third-order valence-electron chi connectivity index (χ3n) is 5.73. The zero-order valence-electron chi connectivity index (χ0n) is 18.7. The Hall–Kier alpha value is -3.37. The molecule has 1 aliphatic heterocycles. The fourth-order valence-corrected chi connectivity index (χ4v) is 3.87. The van der Waals surface area contributed by atoms with Crippen LogP contribution in [0.3, 0.4) is 0 Å². The van der Waals surface area contributed by atoms with Gasteiger partial charge in [0.05, 0.1) is 39.7 Å². The second kappa shape index (κ2) is 11.0. The number of nitrogens with zero attached hydrogens (tertiary/aromatic N) is 2. The molecule has 1 aromatic heterocycles. The molecule has 1 unspecified atom stereocenters. The molecule has 0 spiro atoms. The van der Waals surface area contributed by atoms with Crippen molar-refractivity contribution in [3.63, 3.8) is 0 Å². The Labute approximate surface area is 190 Å². The largest absolute Gasteiger partial charge is 0.502 e. The van der Waals surface area contributed by atoms with Crippen LogP contribution in [0.2, 0.25) is 0 Å². The molecule has 1 atom stereocenters. The van der Waals surface area contributed by atoms with Crippen LogP contribution in [-0.2, 0) is 27.5 Å². The van der Waals surface area contributed by atoms with E-state index in [4.69, 9.17) is 13.9 Å². The van der Waals surface area contributed by atoms with Crippen LogP contribution in [0.15, 0.2) is 33.5 Å². The number of aliphatic hydroxyl groups excluding tert-OH is 1. The first-order valence-electron chi connectivity index (χ1n) is 10.5. The van der Waals surface area contributed by atoms with E-state index in [0.717, 1.165) is 6.41 Å². The first kappa shape index (κ1) is 24.3. The number of aliphatic hydroxyl groups is 1. The van der Waals surface area contributed by atoms with Gasteiger partial charge in [0.15, 0.2) is 5.76 Å². The van der Waals surface area contributed by atoms with E-state index in [9.17, 15) is 24.6 Å². The van der Waals surface area contributed by atoms with Crippen LogP contribution in [0.4, 0.5) is 0 Å². The summed E-state index contributed by atoms with van der Waals surface area (Å²) < 4.78 is 16.0. The minimum Gasteiger partial charge on any atom is -0.502 e. The van der Waals surface area contributed by atoms with E-state index in [1.54, 1.807) is 23.1 Å². The van der Waals surface area contributed by atoms with Gasteiger partial charge in [-0.3, -0.25) is 19.3 Å². The van der Waals surface area contributed by atoms with Crippen molar-refractivity contribution in [1.82, 2.24) is 9.80 Å². The lowest BCUT2D eigenvalue weighted by atomic mass is 9.91. The summed E-state index contributed by atoms with van der Waals surface area (Å²) in [7, 11) is 2.72. The van der Waals surface area contributed by atoms with Crippen molar-refractivity contribution in [2.75, 3.05) is 40.4 Å². The van der Waals surface area contributed by atoms with E-state index in [1.165, 1.54) is 20.3 Å². The first-order valence-corrected chi connectivity index (χ1v) is 10.5. The standard InChI is InChI=1S/C23H28N2O8/c1-31-20-4-3-15(9-16(20)13-26)18(11-21(29)32-2)23-22(30)19(28)10-17(33-23)12-24-5-7-25(14-27)8-6-24/h3-4,9-10,14,18,26,30H,5-8,11-13H2,1-2H3. The Morgan fingerprint density at radius 2 is 1.94 bits per heavy atom. The van der Waals surface area contributed by atoms with Crippen LogP contribution in [0.5, 0.6) is 11.5 Å². The average Bonchev–Trinajstić information content (AvgIpc) is 2.84. The highest BCUT2D eigenvalue weighted by molar-refractivity contribution is 5.71. The highest BCUT2D eigenvalue weighted by Crippen LogP contribution is 2.35. The van der Waals surface area contributed by atoms with E-state index in [0.29, 0.717) is 55.4 Å². The van der Waals surface area contributed by atoms with Crippen LogP contribution in [0.1, 0.15) is 35.0 Å². The summed E-state index contributed by atoms with van der Waals surface area (Å²) in [5.41, 5.74) is 0.403. The molecule has 178 valence electrons. The van der Waals surface area contributed by atoms with Gasteiger partial charge in [-0.2, -0.15) is 0 Å². The molecule has 0 bridgehead atoms. The van der Waals surface area contributed by atoms with Crippen LogP contribution < -0.4 is 10.2 Å². The van der Waals surface area contributed by atoms with Gasteiger partial charge in [0, 0.05) is 37.8 Å².